The summed E-state index contributed by atoms with van der Waals surface area (Å²) in [4.78, 5) is 12.8. The molecule has 0 amide bonds. The van der Waals surface area contributed by atoms with Gasteiger partial charge in [-0.15, -0.1) is 0 Å². The number of benzene rings is 2. The number of carbonyl (C=O) groups is 1. The van der Waals surface area contributed by atoms with Gasteiger partial charge in [0.05, 0.1) is 28.0 Å². The number of hydrogen-bond acceptors (Lipinski definition) is 1. The van der Waals surface area contributed by atoms with Crippen molar-refractivity contribution in [1.29, 1.82) is 0 Å². The number of carbonyl (C=O) groups excluding carboxylic acids is 1. The van der Waals surface area contributed by atoms with Crippen LogP contribution in [0.5, 0.6) is 0 Å². The molecule has 0 N–H and O–H groups in total. The van der Waals surface area contributed by atoms with Crippen LogP contribution in [-0.2, 0) is 19.3 Å². The maximum Gasteiger partial charge on any atom is 0.416 e. The molecule has 2 heterocycles. The highest BCUT2D eigenvalue weighted by Gasteiger charge is 2.31. The molecule has 0 bridgehead atoms. The van der Waals surface area contributed by atoms with E-state index in [9.17, 15) is 18.0 Å². The summed E-state index contributed by atoms with van der Waals surface area (Å²) in [7, 11) is 0. The van der Waals surface area contributed by atoms with Gasteiger partial charge in [-0.3, -0.25) is 4.79 Å². The summed E-state index contributed by atoms with van der Waals surface area (Å²) in [5, 5.41) is 1.31. The molecule has 2 aromatic carbocycles. The third-order valence-electron chi connectivity index (χ3n) is 5.27. The van der Waals surface area contributed by atoms with E-state index in [-0.39, 0.29) is 12.1 Å². The Morgan fingerprint density at radius 1 is 1.06 bits per heavy atom. The van der Waals surface area contributed by atoms with Gasteiger partial charge in [0.2, 0.25) is 0 Å². The number of rotatable bonds is 5. The first-order valence-corrected chi connectivity index (χ1v) is 10.0. The van der Waals surface area contributed by atoms with Gasteiger partial charge in [0.1, 0.15) is 0 Å². The quantitative estimate of drug-likeness (QED) is 0.281. The van der Waals surface area contributed by atoms with Crippen molar-refractivity contribution >= 4 is 28.3 Å². The monoisotopic (exact) mass is 443 g/mol. The van der Waals surface area contributed by atoms with Crippen LogP contribution < -0.4 is 4.57 Å². The molecule has 7 heteroatoms. The van der Waals surface area contributed by atoms with Crippen molar-refractivity contribution in [1.82, 2.24) is 4.57 Å². The molecule has 158 valence electrons. The Hall–Kier alpha value is -3.12. The second-order valence-electron chi connectivity index (χ2n) is 7.39. The van der Waals surface area contributed by atoms with E-state index in [1.165, 1.54) is 12.1 Å². The summed E-state index contributed by atoms with van der Waals surface area (Å²) in [6, 6.07) is 16.3. The van der Waals surface area contributed by atoms with Crippen molar-refractivity contribution in [2.24, 2.45) is 0 Å². The first-order chi connectivity index (χ1) is 14.7. The number of alkyl halides is 3. The predicted octanol–water partition coefficient (Wildman–Crippen LogP) is 5.84. The summed E-state index contributed by atoms with van der Waals surface area (Å²) in [6.45, 7) is 2.36. The molecule has 2 aromatic heterocycles. The Labute approximate surface area is 182 Å². The van der Waals surface area contributed by atoms with Gasteiger partial charge < -0.3 is 4.57 Å². The van der Waals surface area contributed by atoms with Crippen molar-refractivity contribution in [3.63, 3.8) is 0 Å². The molecule has 4 aromatic rings. The van der Waals surface area contributed by atoms with E-state index in [0.717, 1.165) is 28.6 Å². The first-order valence-electron chi connectivity index (χ1n) is 9.66. The molecule has 0 atom stereocenters. The van der Waals surface area contributed by atoms with E-state index in [4.69, 9.17) is 11.6 Å². The lowest BCUT2D eigenvalue weighted by Gasteiger charge is -2.10. The highest BCUT2D eigenvalue weighted by molar-refractivity contribution is 6.36. The van der Waals surface area contributed by atoms with Gasteiger partial charge in [-0.25, -0.2) is 0 Å². The van der Waals surface area contributed by atoms with Crippen LogP contribution >= 0.6 is 11.6 Å². The number of fused-ring (bicyclic) bond motifs is 1. The highest BCUT2D eigenvalue weighted by atomic mass is 35.5. The third-order valence-corrected chi connectivity index (χ3v) is 5.74. The average Bonchev–Trinajstić information content (AvgIpc) is 2.98. The van der Waals surface area contributed by atoms with E-state index in [2.05, 4.69) is 0 Å². The highest BCUT2D eigenvalue weighted by Crippen LogP contribution is 2.31. The van der Waals surface area contributed by atoms with Crippen molar-refractivity contribution in [3.05, 3.63) is 100 Å². The van der Waals surface area contributed by atoms with Crippen LogP contribution in [0.4, 0.5) is 13.2 Å². The Bertz CT molecular complexity index is 1260. The summed E-state index contributed by atoms with van der Waals surface area (Å²) < 4.78 is 42.7. The molecule has 0 spiro atoms. The van der Waals surface area contributed by atoms with Crippen molar-refractivity contribution < 1.29 is 22.5 Å². The molecule has 0 aliphatic carbocycles. The number of hydrogen-bond donors (Lipinski definition) is 0. The summed E-state index contributed by atoms with van der Waals surface area (Å²) >= 11 is 6.54. The van der Waals surface area contributed by atoms with Crippen LogP contribution in [0.25, 0.3) is 10.9 Å². The SMILES string of the molecule is Cc1c(Cl)c2c[n+](Cc3ccccc3)ccc2n1CC(=O)c1cccc(C(F)(F)F)c1. The van der Waals surface area contributed by atoms with Gasteiger partial charge in [-0.1, -0.05) is 54.1 Å². The zero-order valence-corrected chi connectivity index (χ0v) is 17.4. The van der Waals surface area contributed by atoms with Crippen molar-refractivity contribution in [2.75, 3.05) is 0 Å². The standard InChI is InChI=1S/C24H19ClF3N2O/c1-16-23(25)20-14-29(13-17-6-3-2-4-7-17)11-10-21(20)30(16)15-22(31)18-8-5-9-19(12-18)24(26,27)28/h2-12,14H,13,15H2,1H3/q+1. The summed E-state index contributed by atoms with van der Waals surface area (Å²) in [5.74, 6) is -0.413. The topological polar surface area (TPSA) is 25.9 Å². The molecular weight excluding hydrogens is 425 g/mol. The Kier molecular flexibility index (Phi) is 5.58. The van der Waals surface area contributed by atoms with E-state index < -0.39 is 17.5 Å². The molecular formula is C24H19ClF3N2O+. The van der Waals surface area contributed by atoms with Gasteiger partial charge >= 0.3 is 6.18 Å². The van der Waals surface area contributed by atoms with Gasteiger partial charge in [-0.05, 0) is 19.1 Å². The lowest BCUT2D eigenvalue weighted by atomic mass is 10.1. The maximum atomic E-state index is 13.0. The van der Waals surface area contributed by atoms with Gasteiger partial charge in [-0.2, -0.15) is 17.7 Å². The van der Waals surface area contributed by atoms with E-state index in [0.29, 0.717) is 17.3 Å². The number of Topliss-reactive ketones (excluding diaryl/α,β-unsaturated/α-hetero) is 1. The van der Waals surface area contributed by atoms with Crippen LogP contribution in [0, 0.1) is 6.92 Å². The maximum absolute atomic E-state index is 13.0. The summed E-state index contributed by atoms with van der Waals surface area (Å²) in [6.07, 6.45) is -0.679. The Morgan fingerprint density at radius 3 is 2.52 bits per heavy atom. The van der Waals surface area contributed by atoms with Gasteiger partial charge in [0, 0.05) is 22.9 Å². The van der Waals surface area contributed by atoms with Gasteiger partial charge in [0.15, 0.2) is 24.7 Å². The Morgan fingerprint density at radius 2 is 1.81 bits per heavy atom. The molecule has 0 saturated carbocycles. The minimum absolute atomic E-state index is 0.0160. The lowest BCUT2D eigenvalue weighted by Crippen LogP contribution is -2.33. The van der Waals surface area contributed by atoms with Gasteiger partial charge in [0.25, 0.3) is 0 Å². The van der Waals surface area contributed by atoms with Crippen LogP contribution in [0.2, 0.25) is 5.02 Å². The number of pyridine rings is 1. The zero-order chi connectivity index (χ0) is 22.2. The zero-order valence-electron chi connectivity index (χ0n) is 16.7. The van der Waals surface area contributed by atoms with Crippen LogP contribution in [0.15, 0.2) is 73.1 Å². The van der Waals surface area contributed by atoms with Crippen molar-refractivity contribution in [3.8, 4) is 0 Å². The van der Waals surface area contributed by atoms with E-state index >= 15 is 0 Å². The average molecular weight is 444 g/mol. The number of halogens is 4. The van der Waals surface area contributed by atoms with Crippen molar-refractivity contribution in [2.45, 2.75) is 26.2 Å². The van der Waals surface area contributed by atoms with E-state index in [1.54, 1.807) is 11.5 Å². The van der Waals surface area contributed by atoms with E-state index in [1.807, 2.05) is 53.4 Å². The second kappa shape index (κ2) is 8.19. The predicted molar refractivity (Wildman–Crippen MR) is 113 cm³/mol. The molecule has 4 rings (SSSR count). The number of nitrogens with zero attached hydrogens (tertiary/aromatic N) is 2. The smallest absolute Gasteiger partial charge is 0.335 e. The lowest BCUT2D eigenvalue weighted by molar-refractivity contribution is -0.687. The largest absolute Gasteiger partial charge is 0.416 e. The minimum Gasteiger partial charge on any atom is -0.335 e. The molecule has 3 nitrogen and oxygen atoms in total. The Balaban J connectivity index is 1.65. The van der Waals surface area contributed by atoms with Crippen LogP contribution in [0.1, 0.15) is 27.2 Å². The molecule has 31 heavy (non-hydrogen) atoms. The second-order valence-corrected chi connectivity index (χ2v) is 7.77. The fourth-order valence-electron chi connectivity index (χ4n) is 3.63. The van der Waals surface area contributed by atoms with Crippen LogP contribution in [0.3, 0.4) is 0 Å². The molecule has 0 aliphatic heterocycles. The fourth-order valence-corrected chi connectivity index (χ4v) is 3.88. The molecule has 0 radical (unpaired) electrons. The third kappa shape index (κ3) is 4.35. The molecule has 0 fully saturated rings. The number of aromatic nitrogens is 2. The first kappa shape index (κ1) is 21.1. The normalized spacial score (nSPS) is 11.8. The molecule has 0 aliphatic rings. The van der Waals surface area contributed by atoms with Crippen LogP contribution in [-0.4, -0.2) is 10.4 Å². The number of ketones is 1. The molecule has 0 saturated heterocycles. The molecule has 0 unspecified atom stereocenters. The minimum atomic E-state index is -4.50. The summed E-state index contributed by atoms with van der Waals surface area (Å²) in [5.41, 5.74) is 1.76. The fraction of sp³-hybridized carbons (Fsp3) is 0.167.